The van der Waals surface area contributed by atoms with Crippen LogP contribution in [-0.4, -0.2) is 50.2 Å². The molecule has 2 aliphatic heterocycles. The molecule has 0 unspecified atom stereocenters. The van der Waals surface area contributed by atoms with Gasteiger partial charge >= 0.3 is 6.09 Å². The van der Waals surface area contributed by atoms with Gasteiger partial charge in [0, 0.05) is 31.4 Å². The highest BCUT2D eigenvalue weighted by atomic mass is 32.2. The van der Waals surface area contributed by atoms with Crippen molar-refractivity contribution in [3.63, 3.8) is 0 Å². The van der Waals surface area contributed by atoms with Crippen LogP contribution < -0.4 is 4.90 Å². The molecule has 0 spiro atoms. The fraction of sp³-hybridized carbons (Fsp3) is 0.350. The molecule has 2 aliphatic rings. The molecular weight excluding hydrogens is 383 g/mol. The number of amides is 1. The third-order valence-electron chi connectivity index (χ3n) is 5.59. The Labute approximate surface area is 163 Å². The summed E-state index contributed by atoms with van der Waals surface area (Å²) in [6.45, 7) is 1.83. The molecule has 0 bridgehead atoms. The first-order valence-corrected chi connectivity index (χ1v) is 10.7. The second-order valence-corrected chi connectivity index (χ2v) is 9.14. The van der Waals surface area contributed by atoms with Gasteiger partial charge in [0.05, 0.1) is 9.79 Å². The van der Waals surface area contributed by atoms with E-state index in [1.165, 1.54) is 17.0 Å². The third-order valence-corrected chi connectivity index (χ3v) is 7.36. The zero-order valence-corrected chi connectivity index (χ0v) is 16.0. The van der Waals surface area contributed by atoms with Gasteiger partial charge in [-0.15, -0.1) is 0 Å². The molecule has 6 nitrogen and oxygen atoms in total. The van der Waals surface area contributed by atoms with E-state index in [1.54, 1.807) is 12.1 Å². The first kappa shape index (κ1) is 18.7. The predicted molar refractivity (Wildman–Crippen MR) is 102 cm³/mol. The molecule has 1 saturated heterocycles. The maximum atomic E-state index is 13.1. The topological polar surface area (TPSA) is 77.9 Å². The molecule has 8 heteroatoms. The molecular formula is C20H21FN2O4S. The minimum absolute atomic E-state index is 0.0738. The molecule has 0 aliphatic carbocycles. The number of fused-ring (bicyclic) bond motifs is 1. The van der Waals surface area contributed by atoms with Crippen LogP contribution in [0.4, 0.5) is 14.9 Å². The van der Waals surface area contributed by atoms with Gasteiger partial charge in [-0.2, -0.15) is 0 Å². The first-order chi connectivity index (χ1) is 13.4. The lowest BCUT2D eigenvalue weighted by Crippen LogP contribution is -2.46. The van der Waals surface area contributed by atoms with Crippen LogP contribution in [0.2, 0.25) is 0 Å². The minimum Gasteiger partial charge on any atom is -0.465 e. The van der Waals surface area contributed by atoms with Gasteiger partial charge in [-0.3, -0.25) is 0 Å². The van der Waals surface area contributed by atoms with E-state index in [0.717, 1.165) is 49.2 Å². The van der Waals surface area contributed by atoms with E-state index in [1.807, 2.05) is 6.07 Å². The Morgan fingerprint density at radius 1 is 1.00 bits per heavy atom. The standard InChI is InChI=1S/C20H21FN2O4S/c21-15-1-3-17(4-2-15)28(26,27)18-5-6-19-14(13-18)7-12-23(19)16-8-10-22(11-9-16)20(24)25/h1-6,13,16H,7-12H2,(H,24,25). The summed E-state index contributed by atoms with van der Waals surface area (Å²) in [5.41, 5.74) is 2.00. The Kier molecular flexibility index (Phi) is 4.74. The minimum atomic E-state index is -3.69. The molecule has 0 aromatic heterocycles. The van der Waals surface area contributed by atoms with Crippen LogP contribution in [-0.2, 0) is 16.3 Å². The van der Waals surface area contributed by atoms with Crippen molar-refractivity contribution in [3.8, 4) is 0 Å². The van der Waals surface area contributed by atoms with E-state index in [9.17, 15) is 17.6 Å². The lowest BCUT2D eigenvalue weighted by molar-refractivity contribution is 0.131. The van der Waals surface area contributed by atoms with Crippen LogP contribution in [0.25, 0.3) is 0 Å². The smallest absolute Gasteiger partial charge is 0.407 e. The maximum Gasteiger partial charge on any atom is 0.407 e. The van der Waals surface area contributed by atoms with E-state index >= 15 is 0 Å². The van der Waals surface area contributed by atoms with Gasteiger partial charge in [-0.05, 0) is 67.3 Å². The summed E-state index contributed by atoms with van der Waals surface area (Å²) in [5.74, 6) is -0.475. The summed E-state index contributed by atoms with van der Waals surface area (Å²) in [5, 5.41) is 9.10. The van der Waals surface area contributed by atoms with Gasteiger partial charge in [-0.25, -0.2) is 17.6 Å². The van der Waals surface area contributed by atoms with Crippen molar-refractivity contribution in [2.45, 2.75) is 35.1 Å². The normalized spacial score (nSPS) is 17.6. The van der Waals surface area contributed by atoms with Crippen LogP contribution in [0.1, 0.15) is 18.4 Å². The van der Waals surface area contributed by atoms with E-state index in [4.69, 9.17) is 5.11 Å². The number of likely N-dealkylation sites (tertiary alicyclic amines) is 1. The molecule has 28 heavy (non-hydrogen) atoms. The highest BCUT2D eigenvalue weighted by Crippen LogP contribution is 2.35. The van der Waals surface area contributed by atoms with Crippen molar-refractivity contribution in [3.05, 3.63) is 53.8 Å². The van der Waals surface area contributed by atoms with Gasteiger partial charge in [0.1, 0.15) is 5.82 Å². The molecule has 1 fully saturated rings. The fourth-order valence-electron chi connectivity index (χ4n) is 4.07. The Morgan fingerprint density at radius 3 is 2.29 bits per heavy atom. The fourth-order valence-corrected chi connectivity index (χ4v) is 5.38. The number of sulfone groups is 1. The number of hydrogen-bond donors (Lipinski definition) is 1. The summed E-state index contributed by atoms with van der Waals surface area (Å²) in [4.78, 5) is 15.1. The van der Waals surface area contributed by atoms with Crippen LogP contribution in [0.15, 0.2) is 52.3 Å². The number of anilines is 1. The van der Waals surface area contributed by atoms with Crippen LogP contribution in [0.3, 0.4) is 0 Å². The average molecular weight is 404 g/mol. The second-order valence-electron chi connectivity index (χ2n) is 7.19. The highest BCUT2D eigenvalue weighted by molar-refractivity contribution is 7.91. The van der Waals surface area contributed by atoms with Gasteiger partial charge in [0.25, 0.3) is 0 Å². The van der Waals surface area contributed by atoms with Crippen LogP contribution in [0, 0.1) is 5.82 Å². The number of hydrogen-bond acceptors (Lipinski definition) is 4. The Morgan fingerprint density at radius 2 is 1.64 bits per heavy atom. The van der Waals surface area contributed by atoms with E-state index in [2.05, 4.69) is 4.90 Å². The predicted octanol–water partition coefficient (Wildman–Crippen LogP) is 3.16. The summed E-state index contributed by atoms with van der Waals surface area (Å²) in [6, 6.07) is 10.2. The van der Waals surface area contributed by atoms with Crippen molar-refractivity contribution in [2.24, 2.45) is 0 Å². The van der Waals surface area contributed by atoms with Crippen LogP contribution >= 0.6 is 0 Å². The quantitative estimate of drug-likeness (QED) is 0.795. The second kappa shape index (κ2) is 7.09. The molecule has 2 aromatic rings. The molecule has 1 N–H and O–H groups in total. The van der Waals surface area contributed by atoms with Crippen molar-refractivity contribution >= 4 is 21.6 Å². The van der Waals surface area contributed by atoms with Crippen LogP contribution in [0.5, 0.6) is 0 Å². The zero-order valence-electron chi connectivity index (χ0n) is 15.2. The summed E-state index contributed by atoms with van der Waals surface area (Å²) in [6.07, 6.45) is 1.40. The first-order valence-electron chi connectivity index (χ1n) is 9.24. The van der Waals surface area contributed by atoms with Gasteiger partial charge < -0.3 is 14.9 Å². The summed E-state index contributed by atoms with van der Waals surface area (Å²) >= 11 is 0. The van der Waals surface area contributed by atoms with E-state index < -0.39 is 21.7 Å². The summed E-state index contributed by atoms with van der Waals surface area (Å²) in [7, 11) is -3.69. The van der Waals surface area contributed by atoms with Crippen molar-refractivity contribution in [2.75, 3.05) is 24.5 Å². The number of benzene rings is 2. The molecule has 0 atom stereocenters. The third kappa shape index (κ3) is 3.32. The molecule has 148 valence electrons. The van der Waals surface area contributed by atoms with Crippen molar-refractivity contribution in [1.29, 1.82) is 0 Å². The molecule has 2 aromatic carbocycles. The molecule has 0 saturated carbocycles. The van der Waals surface area contributed by atoms with Gasteiger partial charge in [-0.1, -0.05) is 0 Å². The number of halogens is 1. The van der Waals surface area contributed by atoms with Gasteiger partial charge in [0.15, 0.2) is 0 Å². The Bertz CT molecular complexity index is 999. The van der Waals surface area contributed by atoms with Crippen molar-refractivity contribution < 1.29 is 22.7 Å². The van der Waals surface area contributed by atoms with Gasteiger partial charge in [0.2, 0.25) is 9.84 Å². The monoisotopic (exact) mass is 404 g/mol. The molecule has 0 radical (unpaired) electrons. The molecule has 2 heterocycles. The lowest BCUT2D eigenvalue weighted by Gasteiger charge is -2.37. The Hall–Kier alpha value is -2.61. The zero-order chi connectivity index (χ0) is 19.9. The average Bonchev–Trinajstić information content (AvgIpc) is 3.11. The largest absolute Gasteiger partial charge is 0.465 e. The number of piperidine rings is 1. The lowest BCUT2D eigenvalue weighted by atomic mass is 10.0. The highest BCUT2D eigenvalue weighted by Gasteiger charge is 2.31. The number of carbonyl (C=O) groups is 1. The van der Waals surface area contributed by atoms with E-state index in [-0.39, 0.29) is 15.8 Å². The molecule has 4 rings (SSSR count). The number of rotatable bonds is 3. The maximum absolute atomic E-state index is 13.1. The van der Waals surface area contributed by atoms with E-state index in [0.29, 0.717) is 13.1 Å². The number of carboxylic acid groups (broad SMARTS) is 1. The SMILES string of the molecule is O=C(O)N1CCC(N2CCc3cc(S(=O)(=O)c4ccc(F)cc4)ccc32)CC1. The summed E-state index contributed by atoms with van der Waals surface area (Å²) < 4.78 is 38.8. The molecule has 1 amide bonds. The van der Waals surface area contributed by atoms with Crippen molar-refractivity contribution in [1.82, 2.24) is 4.90 Å². The number of nitrogens with zero attached hydrogens (tertiary/aromatic N) is 2. The Balaban J connectivity index is 1.56.